The lowest BCUT2D eigenvalue weighted by molar-refractivity contribution is 0.202. The van der Waals surface area contributed by atoms with Crippen molar-refractivity contribution < 1.29 is 5.11 Å². The van der Waals surface area contributed by atoms with Crippen molar-refractivity contribution in [1.82, 2.24) is 4.98 Å². The summed E-state index contributed by atoms with van der Waals surface area (Å²) in [6.07, 6.45) is 0.808. The van der Waals surface area contributed by atoms with E-state index in [0.29, 0.717) is 5.25 Å². The van der Waals surface area contributed by atoms with Crippen molar-refractivity contribution in [2.75, 3.05) is 0 Å². The molecule has 0 radical (unpaired) electrons. The van der Waals surface area contributed by atoms with Crippen molar-refractivity contribution in [3.05, 3.63) is 15.6 Å². The number of nitrogens with zero attached hydrogens (tertiary/aromatic N) is 1. The van der Waals surface area contributed by atoms with E-state index in [1.54, 1.807) is 18.3 Å². The number of thioether (sulfide) groups is 1. The van der Waals surface area contributed by atoms with Crippen molar-refractivity contribution in [3.8, 4) is 0 Å². The Morgan fingerprint density at radius 3 is 2.60 bits per heavy atom. The van der Waals surface area contributed by atoms with Crippen LogP contribution in [0.5, 0.6) is 0 Å². The Labute approximate surface area is 100 Å². The maximum atomic E-state index is 9.51. The summed E-state index contributed by atoms with van der Waals surface area (Å²) in [5.41, 5.74) is 0.981. The highest BCUT2D eigenvalue weighted by atomic mass is 32.2. The lowest BCUT2D eigenvalue weighted by Gasteiger charge is -2.05. The summed E-state index contributed by atoms with van der Waals surface area (Å²) in [5, 5.41) is 11.3. The van der Waals surface area contributed by atoms with Crippen LogP contribution in [0.15, 0.2) is 0 Å². The summed E-state index contributed by atoms with van der Waals surface area (Å²) in [7, 11) is 0. The summed E-state index contributed by atoms with van der Waals surface area (Å²) >= 11 is 3.57. The topological polar surface area (TPSA) is 33.1 Å². The molecule has 0 amide bonds. The Morgan fingerprint density at radius 1 is 1.47 bits per heavy atom. The third-order valence-electron chi connectivity index (χ3n) is 2.32. The third kappa shape index (κ3) is 3.78. The van der Waals surface area contributed by atoms with Crippen molar-refractivity contribution in [1.29, 1.82) is 0 Å². The minimum atomic E-state index is -0.384. The summed E-state index contributed by atoms with van der Waals surface area (Å²) in [4.78, 5) is 5.48. The van der Waals surface area contributed by atoms with E-state index < -0.39 is 0 Å². The first-order chi connectivity index (χ1) is 7.04. The molecule has 86 valence electrons. The van der Waals surface area contributed by atoms with E-state index in [2.05, 4.69) is 18.8 Å². The fourth-order valence-corrected chi connectivity index (χ4v) is 3.21. The lowest BCUT2D eigenvalue weighted by Crippen LogP contribution is -1.93. The van der Waals surface area contributed by atoms with Crippen LogP contribution in [0.25, 0.3) is 0 Å². The van der Waals surface area contributed by atoms with Gasteiger partial charge in [0.25, 0.3) is 0 Å². The van der Waals surface area contributed by atoms with Crippen molar-refractivity contribution in [3.63, 3.8) is 0 Å². The fourth-order valence-electron chi connectivity index (χ4n) is 1.25. The zero-order valence-electron chi connectivity index (χ0n) is 9.78. The number of aromatic nitrogens is 1. The van der Waals surface area contributed by atoms with Gasteiger partial charge in [0, 0.05) is 11.0 Å². The number of aliphatic hydroxyl groups is 1. The van der Waals surface area contributed by atoms with Crippen LogP contribution in [-0.4, -0.2) is 15.3 Å². The molecule has 0 spiro atoms. The quantitative estimate of drug-likeness (QED) is 0.861. The number of hydrogen-bond donors (Lipinski definition) is 1. The van der Waals surface area contributed by atoms with Gasteiger partial charge in [0.1, 0.15) is 5.01 Å². The number of aliphatic hydroxyl groups excluding tert-OH is 1. The Morgan fingerprint density at radius 2 is 2.13 bits per heavy atom. The molecule has 1 rings (SSSR count). The van der Waals surface area contributed by atoms with Crippen LogP contribution in [0.1, 0.15) is 48.9 Å². The maximum Gasteiger partial charge on any atom is 0.103 e. The fraction of sp³-hybridized carbons (Fsp3) is 0.727. The van der Waals surface area contributed by atoms with Gasteiger partial charge in [-0.1, -0.05) is 13.8 Å². The summed E-state index contributed by atoms with van der Waals surface area (Å²) in [5.74, 6) is 0.966. The smallest absolute Gasteiger partial charge is 0.103 e. The van der Waals surface area contributed by atoms with E-state index in [-0.39, 0.29) is 6.10 Å². The Kier molecular flexibility index (Phi) is 5.09. The molecule has 2 unspecified atom stereocenters. The van der Waals surface area contributed by atoms with E-state index in [0.717, 1.165) is 21.3 Å². The average Bonchev–Trinajstić information content (AvgIpc) is 2.56. The van der Waals surface area contributed by atoms with Crippen LogP contribution in [0.3, 0.4) is 0 Å². The number of aryl methyl sites for hydroxylation is 1. The summed E-state index contributed by atoms with van der Waals surface area (Å²) in [6, 6.07) is 0. The molecule has 1 aromatic heterocycles. The Hall–Kier alpha value is -0.0600. The molecular formula is C11H19NOS2. The number of rotatable bonds is 5. The molecule has 0 bridgehead atoms. The van der Waals surface area contributed by atoms with Crippen LogP contribution < -0.4 is 0 Å². The van der Waals surface area contributed by atoms with Gasteiger partial charge in [0.05, 0.1) is 16.7 Å². The second-order valence-electron chi connectivity index (χ2n) is 3.76. The lowest BCUT2D eigenvalue weighted by atomic mass is 10.3. The van der Waals surface area contributed by atoms with Crippen LogP contribution >= 0.6 is 23.1 Å². The van der Waals surface area contributed by atoms with E-state index >= 15 is 0 Å². The van der Waals surface area contributed by atoms with Crippen LogP contribution in [-0.2, 0) is 5.75 Å². The molecule has 2 atom stereocenters. The molecule has 0 aliphatic carbocycles. The van der Waals surface area contributed by atoms with E-state index in [4.69, 9.17) is 0 Å². The highest BCUT2D eigenvalue weighted by molar-refractivity contribution is 7.99. The predicted molar refractivity (Wildman–Crippen MR) is 68.5 cm³/mol. The molecule has 2 nitrogen and oxygen atoms in total. The van der Waals surface area contributed by atoms with Gasteiger partial charge in [0.2, 0.25) is 0 Å². The van der Waals surface area contributed by atoms with Gasteiger partial charge >= 0.3 is 0 Å². The molecule has 0 saturated carbocycles. The first-order valence-corrected chi connectivity index (χ1v) is 7.17. The second kappa shape index (κ2) is 5.87. The summed E-state index contributed by atoms with van der Waals surface area (Å²) < 4.78 is 0. The second-order valence-corrected chi connectivity index (χ2v) is 6.31. The van der Waals surface area contributed by atoms with Gasteiger partial charge in [0.15, 0.2) is 0 Å². The molecule has 0 aromatic carbocycles. The van der Waals surface area contributed by atoms with Crippen LogP contribution in [0.2, 0.25) is 0 Å². The molecule has 0 saturated heterocycles. The van der Waals surface area contributed by atoms with Crippen LogP contribution in [0.4, 0.5) is 0 Å². The van der Waals surface area contributed by atoms with Crippen LogP contribution in [0, 0.1) is 6.92 Å². The van der Waals surface area contributed by atoms with Gasteiger partial charge in [-0.05, 0) is 20.3 Å². The zero-order chi connectivity index (χ0) is 11.4. The first-order valence-electron chi connectivity index (χ1n) is 5.30. The largest absolute Gasteiger partial charge is 0.388 e. The van der Waals surface area contributed by atoms with Crippen molar-refractivity contribution in [2.45, 2.75) is 51.2 Å². The minimum Gasteiger partial charge on any atom is -0.388 e. The molecule has 1 aromatic rings. The molecule has 0 aliphatic heterocycles. The van der Waals surface area contributed by atoms with E-state index in [1.165, 1.54) is 6.42 Å². The SMILES string of the molecule is CCC(C)SCc1nc(C)c(C(C)O)s1. The molecule has 4 heteroatoms. The van der Waals surface area contributed by atoms with Crippen molar-refractivity contribution >= 4 is 23.1 Å². The molecule has 1 heterocycles. The zero-order valence-corrected chi connectivity index (χ0v) is 11.4. The average molecular weight is 245 g/mol. The monoisotopic (exact) mass is 245 g/mol. The van der Waals surface area contributed by atoms with Gasteiger partial charge in [-0.3, -0.25) is 0 Å². The highest BCUT2D eigenvalue weighted by Crippen LogP contribution is 2.28. The maximum absolute atomic E-state index is 9.51. The van der Waals surface area contributed by atoms with Gasteiger partial charge < -0.3 is 5.11 Å². The van der Waals surface area contributed by atoms with Gasteiger partial charge in [-0.25, -0.2) is 4.98 Å². The molecule has 0 aliphatic rings. The van der Waals surface area contributed by atoms with E-state index in [9.17, 15) is 5.11 Å². The van der Waals surface area contributed by atoms with Gasteiger partial charge in [-0.2, -0.15) is 11.8 Å². The summed E-state index contributed by atoms with van der Waals surface area (Å²) in [6.45, 7) is 8.20. The number of thiazole rings is 1. The van der Waals surface area contributed by atoms with E-state index in [1.807, 2.05) is 18.7 Å². The highest BCUT2D eigenvalue weighted by Gasteiger charge is 2.12. The Balaban J connectivity index is 2.59. The predicted octanol–water partition coefficient (Wildman–Crippen LogP) is 3.54. The third-order valence-corrected chi connectivity index (χ3v) is 5.18. The standard InChI is InChI=1S/C11H19NOS2/c1-5-7(2)14-6-10-12-8(3)11(15-10)9(4)13/h7,9,13H,5-6H2,1-4H3. The first kappa shape index (κ1) is 13.0. The molecule has 1 N–H and O–H groups in total. The molecular weight excluding hydrogens is 226 g/mol. The van der Waals surface area contributed by atoms with Crippen molar-refractivity contribution in [2.24, 2.45) is 0 Å². The molecule has 0 fully saturated rings. The number of hydrogen-bond acceptors (Lipinski definition) is 4. The normalized spacial score (nSPS) is 15.3. The Bertz CT molecular complexity index is 310. The minimum absolute atomic E-state index is 0.384. The molecule has 15 heavy (non-hydrogen) atoms. The van der Waals surface area contributed by atoms with Gasteiger partial charge in [-0.15, -0.1) is 11.3 Å².